The Morgan fingerprint density at radius 3 is 2.67 bits per heavy atom. The molecule has 0 aliphatic heterocycles. The third kappa shape index (κ3) is 3.86. The van der Waals surface area contributed by atoms with E-state index >= 15 is 0 Å². The van der Waals surface area contributed by atoms with Crippen LogP contribution in [0.4, 0.5) is 0 Å². The number of esters is 1. The van der Waals surface area contributed by atoms with Gasteiger partial charge in [-0.15, -0.1) is 0 Å². The first-order valence-electron chi connectivity index (χ1n) is 7.46. The molecule has 0 spiro atoms. The molecule has 1 saturated carbocycles. The molecule has 1 aromatic heterocycles. The predicted molar refractivity (Wildman–Crippen MR) is 80.2 cm³/mol. The highest BCUT2D eigenvalue weighted by atomic mass is 16.5. The molecule has 1 atom stereocenters. The number of carbonyl (C=O) groups excluding carboxylic acids is 2. The molecule has 2 rings (SSSR count). The van der Waals surface area contributed by atoms with Crippen molar-refractivity contribution in [2.45, 2.75) is 52.6 Å². The zero-order valence-corrected chi connectivity index (χ0v) is 13.2. The normalized spacial score (nSPS) is 15.6. The summed E-state index contributed by atoms with van der Waals surface area (Å²) in [4.78, 5) is 23.6. The molecule has 5 heteroatoms. The lowest BCUT2D eigenvalue weighted by Gasteiger charge is -2.13. The van der Waals surface area contributed by atoms with E-state index in [0.717, 1.165) is 23.9 Å². The van der Waals surface area contributed by atoms with Gasteiger partial charge in [0, 0.05) is 24.0 Å². The van der Waals surface area contributed by atoms with E-state index in [4.69, 9.17) is 0 Å². The molecule has 1 amide bonds. The van der Waals surface area contributed by atoms with Crippen LogP contribution < -0.4 is 5.32 Å². The van der Waals surface area contributed by atoms with Gasteiger partial charge in [-0.2, -0.15) is 0 Å². The molecule has 1 unspecified atom stereocenters. The molecule has 1 N–H and O–H groups in total. The van der Waals surface area contributed by atoms with Crippen LogP contribution in [0.1, 0.15) is 47.9 Å². The number of amides is 1. The van der Waals surface area contributed by atoms with Crippen LogP contribution in [0.5, 0.6) is 0 Å². The van der Waals surface area contributed by atoms with Crippen molar-refractivity contribution in [2.75, 3.05) is 7.11 Å². The number of carbonyl (C=O) groups is 2. The van der Waals surface area contributed by atoms with Crippen molar-refractivity contribution in [1.29, 1.82) is 0 Å². The maximum absolute atomic E-state index is 12.3. The number of ether oxygens (including phenoxy) is 1. The van der Waals surface area contributed by atoms with E-state index in [2.05, 4.69) is 14.6 Å². The summed E-state index contributed by atoms with van der Waals surface area (Å²) >= 11 is 0. The van der Waals surface area contributed by atoms with Gasteiger partial charge in [-0.3, -0.25) is 9.59 Å². The van der Waals surface area contributed by atoms with Crippen molar-refractivity contribution in [2.24, 2.45) is 5.92 Å². The number of nitrogens with one attached hydrogen (secondary N) is 1. The van der Waals surface area contributed by atoms with Crippen LogP contribution in [0.3, 0.4) is 0 Å². The van der Waals surface area contributed by atoms with Gasteiger partial charge in [0.05, 0.1) is 19.1 Å². The van der Waals surface area contributed by atoms with Crippen molar-refractivity contribution in [1.82, 2.24) is 9.88 Å². The number of aromatic nitrogens is 1. The first-order valence-corrected chi connectivity index (χ1v) is 7.46. The Labute approximate surface area is 125 Å². The van der Waals surface area contributed by atoms with Crippen molar-refractivity contribution < 1.29 is 14.3 Å². The van der Waals surface area contributed by atoms with Gasteiger partial charge < -0.3 is 14.6 Å². The highest BCUT2D eigenvalue weighted by molar-refractivity contribution is 5.96. The predicted octanol–water partition coefficient (Wildman–Crippen LogP) is 2.20. The molecular formula is C16H24N2O3. The second-order valence-electron chi connectivity index (χ2n) is 5.99. The first kappa shape index (κ1) is 15.6. The van der Waals surface area contributed by atoms with Crippen LogP contribution in [0.15, 0.2) is 6.07 Å². The van der Waals surface area contributed by atoms with E-state index in [9.17, 15) is 9.59 Å². The lowest BCUT2D eigenvalue weighted by Crippen LogP contribution is -2.34. The molecule has 0 aromatic carbocycles. The molecule has 5 nitrogen and oxygen atoms in total. The number of nitrogens with zero attached hydrogens (tertiary/aromatic N) is 1. The monoisotopic (exact) mass is 292 g/mol. The fourth-order valence-corrected chi connectivity index (χ4v) is 2.56. The van der Waals surface area contributed by atoms with E-state index in [0.29, 0.717) is 5.56 Å². The molecule has 0 bridgehead atoms. The molecule has 0 radical (unpaired) electrons. The topological polar surface area (TPSA) is 60.3 Å². The Kier molecular flexibility index (Phi) is 4.70. The van der Waals surface area contributed by atoms with E-state index in [-0.39, 0.29) is 24.3 Å². The number of methoxy groups -OCH3 is 1. The van der Waals surface area contributed by atoms with E-state index < -0.39 is 0 Å². The number of hydrogen-bond acceptors (Lipinski definition) is 3. The van der Waals surface area contributed by atoms with Gasteiger partial charge in [-0.05, 0) is 45.6 Å². The summed E-state index contributed by atoms with van der Waals surface area (Å²) in [5, 5.41) is 2.86. The first-order chi connectivity index (χ1) is 9.92. The summed E-state index contributed by atoms with van der Waals surface area (Å²) in [5.74, 6) is 0.326. The summed E-state index contributed by atoms with van der Waals surface area (Å²) in [6.45, 7) is 6.82. The Hall–Kier alpha value is -1.78. The van der Waals surface area contributed by atoms with Crippen molar-refractivity contribution in [3.8, 4) is 0 Å². The van der Waals surface area contributed by atoms with E-state index in [1.54, 1.807) is 6.92 Å². The van der Waals surface area contributed by atoms with Gasteiger partial charge in [0.25, 0.3) is 5.91 Å². The summed E-state index contributed by atoms with van der Waals surface area (Å²) in [6.07, 6.45) is 2.76. The third-order valence-corrected chi connectivity index (χ3v) is 4.03. The van der Waals surface area contributed by atoms with Crippen LogP contribution in [0.25, 0.3) is 0 Å². The maximum atomic E-state index is 12.3. The third-order valence-electron chi connectivity index (χ3n) is 4.03. The highest BCUT2D eigenvalue weighted by Gasteiger charge is 2.25. The van der Waals surface area contributed by atoms with E-state index in [1.807, 2.05) is 19.9 Å². The van der Waals surface area contributed by atoms with Gasteiger partial charge in [0.1, 0.15) is 0 Å². The highest BCUT2D eigenvalue weighted by Crippen LogP contribution is 2.32. The Balaban J connectivity index is 2.03. The Morgan fingerprint density at radius 2 is 2.10 bits per heavy atom. The zero-order valence-electron chi connectivity index (χ0n) is 13.2. The minimum absolute atomic E-state index is 0.124. The second-order valence-corrected chi connectivity index (χ2v) is 5.99. The smallest absolute Gasteiger partial charge is 0.307 e. The van der Waals surface area contributed by atoms with Gasteiger partial charge in [-0.1, -0.05) is 0 Å². The van der Waals surface area contributed by atoms with Crippen molar-refractivity contribution >= 4 is 11.9 Å². The molecule has 1 aliphatic carbocycles. The molecule has 1 fully saturated rings. The Bertz CT molecular complexity index is 544. The molecule has 1 aliphatic rings. The SMILES string of the molecule is COC(=O)CC(C)NC(=O)c1cc(C)n(CC2CC2)c1C. The fraction of sp³-hybridized carbons (Fsp3) is 0.625. The van der Waals surface area contributed by atoms with Crippen LogP contribution >= 0.6 is 0 Å². The molecule has 116 valence electrons. The number of hydrogen-bond donors (Lipinski definition) is 1. The average Bonchev–Trinajstić information content (AvgIpc) is 3.19. The summed E-state index contributed by atoms with van der Waals surface area (Å²) in [5.41, 5.74) is 2.82. The zero-order chi connectivity index (χ0) is 15.6. The van der Waals surface area contributed by atoms with Crippen LogP contribution in [-0.4, -0.2) is 29.6 Å². The van der Waals surface area contributed by atoms with Gasteiger partial charge in [0.15, 0.2) is 0 Å². The summed E-state index contributed by atoms with van der Waals surface area (Å²) in [7, 11) is 1.35. The van der Waals surface area contributed by atoms with Crippen LogP contribution in [-0.2, 0) is 16.1 Å². The number of aryl methyl sites for hydroxylation is 1. The molecular weight excluding hydrogens is 268 g/mol. The quantitative estimate of drug-likeness (QED) is 0.818. The van der Waals surface area contributed by atoms with E-state index in [1.165, 1.54) is 20.0 Å². The van der Waals surface area contributed by atoms with Crippen molar-refractivity contribution in [3.63, 3.8) is 0 Å². The molecule has 1 heterocycles. The minimum atomic E-state index is -0.318. The van der Waals surface area contributed by atoms with Crippen LogP contribution in [0.2, 0.25) is 0 Å². The average molecular weight is 292 g/mol. The molecule has 1 aromatic rings. The van der Waals surface area contributed by atoms with Gasteiger partial charge >= 0.3 is 5.97 Å². The minimum Gasteiger partial charge on any atom is -0.469 e. The Morgan fingerprint density at radius 1 is 1.43 bits per heavy atom. The lowest BCUT2D eigenvalue weighted by molar-refractivity contribution is -0.141. The summed E-state index contributed by atoms with van der Waals surface area (Å²) in [6, 6.07) is 1.69. The summed E-state index contributed by atoms with van der Waals surface area (Å²) < 4.78 is 6.83. The molecule has 0 saturated heterocycles. The van der Waals surface area contributed by atoms with Gasteiger partial charge in [-0.25, -0.2) is 0 Å². The van der Waals surface area contributed by atoms with Gasteiger partial charge in [0.2, 0.25) is 0 Å². The van der Waals surface area contributed by atoms with Crippen molar-refractivity contribution in [3.05, 3.63) is 23.0 Å². The fourth-order valence-electron chi connectivity index (χ4n) is 2.56. The standard InChI is InChI=1S/C16H24N2O3/c1-10(7-15(19)21-4)17-16(20)14-8-11(2)18(12(14)3)9-13-5-6-13/h8,10,13H,5-7,9H2,1-4H3,(H,17,20). The van der Waals surface area contributed by atoms with Crippen LogP contribution in [0, 0.1) is 19.8 Å². The largest absolute Gasteiger partial charge is 0.469 e. The maximum Gasteiger partial charge on any atom is 0.307 e. The molecule has 21 heavy (non-hydrogen) atoms. The second kappa shape index (κ2) is 6.33. The number of rotatable bonds is 6. The lowest BCUT2D eigenvalue weighted by atomic mass is 10.2.